The molecule has 10 nitrogen and oxygen atoms in total. The summed E-state index contributed by atoms with van der Waals surface area (Å²) < 4.78 is 0. The van der Waals surface area contributed by atoms with Crippen LogP contribution in [-0.2, 0) is 0 Å². The number of hydrogen-bond acceptors (Lipinski definition) is 9. The zero-order valence-corrected chi connectivity index (χ0v) is 17.8. The fourth-order valence-electron chi connectivity index (χ4n) is 3.86. The number of aliphatic hydroxyl groups excluding tert-OH is 1. The van der Waals surface area contributed by atoms with E-state index in [1.54, 1.807) is 24.5 Å². The molecule has 33 heavy (non-hydrogen) atoms. The third-order valence-electron chi connectivity index (χ3n) is 5.60. The van der Waals surface area contributed by atoms with Crippen LogP contribution in [0.5, 0.6) is 0 Å². The highest BCUT2D eigenvalue weighted by atomic mass is 16.3. The van der Waals surface area contributed by atoms with E-state index in [9.17, 15) is 9.90 Å². The lowest BCUT2D eigenvalue weighted by Gasteiger charge is -2.39. The van der Waals surface area contributed by atoms with Crippen LogP contribution in [0, 0.1) is 17.2 Å². The molecule has 5 N–H and O–H groups in total. The van der Waals surface area contributed by atoms with Gasteiger partial charge in [0, 0.05) is 56.3 Å². The molecule has 1 amide bonds. The predicted octanol–water partition coefficient (Wildman–Crippen LogP) is 1.89. The van der Waals surface area contributed by atoms with E-state index in [0.29, 0.717) is 42.4 Å². The Labute approximate surface area is 191 Å². The van der Waals surface area contributed by atoms with E-state index in [1.165, 1.54) is 6.20 Å². The van der Waals surface area contributed by atoms with Gasteiger partial charge in [0.05, 0.1) is 16.8 Å². The lowest BCUT2D eigenvalue weighted by molar-refractivity contribution is 0.100. The first-order valence-electron chi connectivity index (χ1n) is 10.5. The average Bonchev–Trinajstić information content (AvgIpc) is 2.85. The summed E-state index contributed by atoms with van der Waals surface area (Å²) in [6, 6.07) is 12.7. The Bertz CT molecular complexity index is 1150. The summed E-state index contributed by atoms with van der Waals surface area (Å²) in [6.45, 7) is 1.23. The minimum atomic E-state index is -0.589. The number of carbonyl (C=O) groups is 1. The Morgan fingerprint density at radius 2 is 2.09 bits per heavy atom. The molecule has 0 spiro atoms. The van der Waals surface area contributed by atoms with Crippen molar-refractivity contribution in [3.63, 3.8) is 0 Å². The van der Waals surface area contributed by atoms with Gasteiger partial charge in [-0.3, -0.25) is 4.79 Å². The number of piperidine rings is 1. The summed E-state index contributed by atoms with van der Waals surface area (Å²) in [5.74, 6) is 1.20. The van der Waals surface area contributed by atoms with Gasteiger partial charge in [0.1, 0.15) is 23.5 Å². The molecule has 0 aliphatic carbocycles. The lowest BCUT2D eigenvalue weighted by atomic mass is 9.92. The van der Waals surface area contributed by atoms with Crippen molar-refractivity contribution in [2.75, 3.05) is 35.2 Å². The molecule has 3 aromatic rings. The SMILES string of the molecule is N#Cc1ccc(N2CC[C@@H](Nc3cc(Nc4ccccn4)ncc3C(N)=O)[C@H](CO)C2)nc1. The van der Waals surface area contributed by atoms with Gasteiger partial charge >= 0.3 is 0 Å². The highest BCUT2D eigenvalue weighted by Gasteiger charge is 2.30. The molecule has 4 rings (SSSR count). The number of rotatable bonds is 7. The number of nitriles is 1. The van der Waals surface area contributed by atoms with Gasteiger partial charge in [0.25, 0.3) is 5.91 Å². The summed E-state index contributed by atoms with van der Waals surface area (Å²) in [5.41, 5.74) is 6.89. The average molecular weight is 444 g/mol. The molecule has 1 aliphatic heterocycles. The maximum Gasteiger partial charge on any atom is 0.252 e. The Kier molecular flexibility index (Phi) is 6.61. The maximum absolute atomic E-state index is 12.0. The fraction of sp³-hybridized carbons (Fsp3) is 0.261. The molecule has 1 aliphatic rings. The van der Waals surface area contributed by atoms with E-state index in [0.717, 1.165) is 5.82 Å². The van der Waals surface area contributed by atoms with Crippen LogP contribution in [0.2, 0.25) is 0 Å². The van der Waals surface area contributed by atoms with E-state index in [-0.39, 0.29) is 24.1 Å². The summed E-state index contributed by atoms with van der Waals surface area (Å²) in [5, 5.41) is 25.5. The molecule has 1 saturated heterocycles. The van der Waals surface area contributed by atoms with Gasteiger partial charge in [0.2, 0.25) is 0 Å². The van der Waals surface area contributed by atoms with Crippen molar-refractivity contribution >= 4 is 29.0 Å². The summed E-state index contributed by atoms with van der Waals surface area (Å²) in [6.07, 6.45) is 5.34. The number of nitrogens with one attached hydrogen (secondary N) is 2. The fourth-order valence-corrected chi connectivity index (χ4v) is 3.86. The third kappa shape index (κ3) is 5.16. The summed E-state index contributed by atoms with van der Waals surface area (Å²) in [7, 11) is 0. The molecular formula is C23H24N8O2. The number of aliphatic hydroxyl groups is 1. The molecule has 0 unspecified atom stereocenters. The van der Waals surface area contributed by atoms with Crippen molar-refractivity contribution in [1.29, 1.82) is 5.26 Å². The van der Waals surface area contributed by atoms with Crippen molar-refractivity contribution in [3.05, 3.63) is 66.1 Å². The molecule has 4 heterocycles. The topological polar surface area (TPSA) is 153 Å². The molecule has 10 heteroatoms. The summed E-state index contributed by atoms with van der Waals surface area (Å²) >= 11 is 0. The smallest absolute Gasteiger partial charge is 0.252 e. The van der Waals surface area contributed by atoms with Gasteiger partial charge in [-0.05, 0) is 30.7 Å². The maximum atomic E-state index is 12.0. The number of hydrogen-bond donors (Lipinski definition) is 4. The zero-order chi connectivity index (χ0) is 23.2. The van der Waals surface area contributed by atoms with Gasteiger partial charge in [-0.15, -0.1) is 0 Å². The first-order chi connectivity index (χ1) is 16.1. The van der Waals surface area contributed by atoms with E-state index >= 15 is 0 Å². The van der Waals surface area contributed by atoms with Gasteiger partial charge in [0.15, 0.2) is 0 Å². The number of amides is 1. The van der Waals surface area contributed by atoms with Gasteiger partial charge in [-0.1, -0.05) is 6.07 Å². The molecule has 2 atom stereocenters. The molecule has 0 aromatic carbocycles. The largest absolute Gasteiger partial charge is 0.396 e. The summed E-state index contributed by atoms with van der Waals surface area (Å²) in [4.78, 5) is 26.9. The van der Waals surface area contributed by atoms with Crippen molar-refractivity contribution in [1.82, 2.24) is 15.0 Å². The van der Waals surface area contributed by atoms with Crippen LogP contribution in [0.4, 0.5) is 23.1 Å². The second-order valence-electron chi connectivity index (χ2n) is 7.76. The van der Waals surface area contributed by atoms with Crippen molar-refractivity contribution < 1.29 is 9.90 Å². The zero-order valence-electron chi connectivity index (χ0n) is 17.8. The van der Waals surface area contributed by atoms with E-state index in [1.807, 2.05) is 24.3 Å². The number of nitrogens with zero attached hydrogens (tertiary/aromatic N) is 5. The van der Waals surface area contributed by atoms with Crippen LogP contribution in [0.1, 0.15) is 22.3 Å². The Morgan fingerprint density at radius 3 is 2.76 bits per heavy atom. The van der Waals surface area contributed by atoms with Crippen LogP contribution in [-0.4, -0.2) is 51.7 Å². The van der Waals surface area contributed by atoms with Crippen LogP contribution in [0.25, 0.3) is 0 Å². The van der Waals surface area contributed by atoms with Crippen LogP contribution < -0.4 is 21.3 Å². The first kappa shape index (κ1) is 22.0. The quantitative estimate of drug-likeness (QED) is 0.428. The Morgan fingerprint density at radius 1 is 1.21 bits per heavy atom. The predicted molar refractivity (Wildman–Crippen MR) is 124 cm³/mol. The molecule has 0 saturated carbocycles. The molecule has 1 fully saturated rings. The normalized spacial score (nSPS) is 17.8. The molecule has 0 bridgehead atoms. The number of aromatic nitrogens is 3. The van der Waals surface area contributed by atoms with E-state index in [4.69, 9.17) is 11.0 Å². The van der Waals surface area contributed by atoms with Crippen LogP contribution >= 0.6 is 0 Å². The second-order valence-corrected chi connectivity index (χ2v) is 7.76. The molecule has 168 valence electrons. The number of nitrogens with two attached hydrogens (primary N) is 1. The number of carbonyl (C=O) groups excluding carboxylic acids is 1. The van der Waals surface area contributed by atoms with E-state index < -0.39 is 5.91 Å². The number of primary amides is 1. The third-order valence-corrected chi connectivity index (χ3v) is 5.60. The van der Waals surface area contributed by atoms with Crippen molar-refractivity contribution in [2.24, 2.45) is 11.7 Å². The Balaban J connectivity index is 1.51. The van der Waals surface area contributed by atoms with Crippen LogP contribution in [0.3, 0.4) is 0 Å². The first-order valence-corrected chi connectivity index (χ1v) is 10.5. The highest BCUT2D eigenvalue weighted by molar-refractivity contribution is 5.98. The van der Waals surface area contributed by atoms with Gasteiger partial charge in [-0.2, -0.15) is 5.26 Å². The molecule has 3 aromatic heterocycles. The second kappa shape index (κ2) is 9.93. The van der Waals surface area contributed by atoms with Crippen molar-refractivity contribution in [3.8, 4) is 6.07 Å². The van der Waals surface area contributed by atoms with E-state index in [2.05, 4.69) is 36.6 Å². The lowest BCUT2D eigenvalue weighted by Crippen LogP contribution is -2.48. The highest BCUT2D eigenvalue weighted by Crippen LogP contribution is 2.28. The van der Waals surface area contributed by atoms with Crippen LogP contribution in [0.15, 0.2) is 55.0 Å². The van der Waals surface area contributed by atoms with Crippen molar-refractivity contribution in [2.45, 2.75) is 12.5 Å². The standard InChI is InChI=1S/C23H24N8O2/c24-10-15-4-5-22(28-11-15)31-8-6-18(16(13-31)14-32)29-19-9-21(27-12-17(19)23(25)33)30-20-3-1-2-7-26-20/h1-5,7,9,11-12,16,18,32H,6,8,13-14H2,(H2,25,33)(H2,26,27,29,30)/t16-,18+/m0/s1. The number of anilines is 4. The minimum absolute atomic E-state index is 0.0412. The Hall–Kier alpha value is -4.23. The monoisotopic (exact) mass is 444 g/mol. The molecule has 0 radical (unpaired) electrons. The number of pyridine rings is 3. The van der Waals surface area contributed by atoms with Gasteiger partial charge in [-0.25, -0.2) is 15.0 Å². The molecular weight excluding hydrogens is 420 g/mol. The minimum Gasteiger partial charge on any atom is -0.396 e. The van der Waals surface area contributed by atoms with Gasteiger partial charge < -0.3 is 26.4 Å².